The van der Waals surface area contributed by atoms with E-state index in [1.54, 1.807) is 23.1 Å². The summed E-state index contributed by atoms with van der Waals surface area (Å²) in [5.74, 6) is 0.273. The molecule has 0 atom stereocenters. The minimum Gasteiger partial charge on any atom is -0.504 e. The molecule has 1 N–H and O–H groups in total. The van der Waals surface area contributed by atoms with Gasteiger partial charge in [0.25, 0.3) is 5.91 Å². The van der Waals surface area contributed by atoms with E-state index in [-0.39, 0.29) is 11.7 Å². The molecule has 1 fully saturated rings. The van der Waals surface area contributed by atoms with Gasteiger partial charge < -0.3 is 9.84 Å². The normalized spacial score (nSPS) is 16.0. The second kappa shape index (κ2) is 6.90. The van der Waals surface area contributed by atoms with E-state index in [0.717, 1.165) is 22.4 Å². The van der Waals surface area contributed by atoms with Crippen molar-refractivity contribution in [1.29, 1.82) is 0 Å². The summed E-state index contributed by atoms with van der Waals surface area (Å²) in [5.41, 5.74) is 3.71. The van der Waals surface area contributed by atoms with Crippen molar-refractivity contribution in [3.8, 4) is 11.5 Å². The fourth-order valence-corrected chi connectivity index (χ4v) is 3.95. The van der Waals surface area contributed by atoms with Crippen molar-refractivity contribution in [2.45, 2.75) is 13.8 Å². The summed E-state index contributed by atoms with van der Waals surface area (Å²) in [4.78, 5) is 15.0. The molecule has 2 aromatic carbocycles. The zero-order valence-electron chi connectivity index (χ0n) is 14.1. The largest absolute Gasteiger partial charge is 0.504 e. The van der Waals surface area contributed by atoms with E-state index in [1.165, 1.54) is 24.9 Å². The molecule has 1 amide bonds. The minimum atomic E-state index is -0.144. The lowest BCUT2D eigenvalue weighted by atomic mass is 10.1. The number of hydrogen-bond acceptors (Lipinski definition) is 5. The van der Waals surface area contributed by atoms with Crippen LogP contribution in [-0.2, 0) is 4.79 Å². The van der Waals surface area contributed by atoms with Crippen LogP contribution in [0, 0.1) is 13.8 Å². The van der Waals surface area contributed by atoms with Gasteiger partial charge in [0.1, 0.15) is 0 Å². The van der Waals surface area contributed by atoms with Gasteiger partial charge in [-0.05, 0) is 49.2 Å². The van der Waals surface area contributed by atoms with Crippen LogP contribution >= 0.6 is 24.0 Å². The van der Waals surface area contributed by atoms with Crippen molar-refractivity contribution in [2.24, 2.45) is 0 Å². The summed E-state index contributed by atoms with van der Waals surface area (Å²) in [6.45, 7) is 3.98. The molecule has 1 aliphatic rings. The SMILES string of the molecule is COc1cc(C=C2SC(=S)N(c3ccc(C)cc3C)C2=O)ccc1O. The zero-order chi connectivity index (χ0) is 18.1. The minimum absolute atomic E-state index is 0.0579. The Morgan fingerprint density at radius 2 is 1.96 bits per heavy atom. The van der Waals surface area contributed by atoms with Crippen LogP contribution in [0.4, 0.5) is 5.69 Å². The van der Waals surface area contributed by atoms with E-state index in [1.807, 2.05) is 32.0 Å². The first-order valence-electron chi connectivity index (χ1n) is 7.63. The third-order valence-corrected chi connectivity index (χ3v) is 5.19. The second-order valence-electron chi connectivity index (χ2n) is 5.74. The van der Waals surface area contributed by atoms with Crippen LogP contribution in [0.15, 0.2) is 41.3 Å². The molecule has 0 aliphatic carbocycles. The summed E-state index contributed by atoms with van der Waals surface area (Å²) in [6.07, 6.45) is 1.75. The van der Waals surface area contributed by atoms with Gasteiger partial charge in [0.15, 0.2) is 15.8 Å². The molecule has 1 heterocycles. The number of nitrogens with zero attached hydrogens (tertiary/aromatic N) is 1. The van der Waals surface area contributed by atoms with Crippen molar-refractivity contribution < 1.29 is 14.6 Å². The molecular formula is C19H17NO3S2. The lowest BCUT2D eigenvalue weighted by Gasteiger charge is -2.17. The monoisotopic (exact) mass is 371 g/mol. The molecule has 6 heteroatoms. The van der Waals surface area contributed by atoms with Crippen LogP contribution in [0.3, 0.4) is 0 Å². The number of anilines is 1. The van der Waals surface area contributed by atoms with Gasteiger partial charge in [0.2, 0.25) is 0 Å². The Bertz CT molecular complexity index is 906. The lowest BCUT2D eigenvalue weighted by Crippen LogP contribution is -2.28. The molecule has 0 aromatic heterocycles. The van der Waals surface area contributed by atoms with Gasteiger partial charge in [-0.15, -0.1) is 0 Å². The Morgan fingerprint density at radius 3 is 2.64 bits per heavy atom. The van der Waals surface area contributed by atoms with Crippen molar-refractivity contribution in [1.82, 2.24) is 0 Å². The maximum absolute atomic E-state index is 12.8. The second-order valence-corrected chi connectivity index (χ2v) is 7.41. The summed E-state index contributed by atoms with van der Waals surface area (Å²) < 4.78 is 5.62. The molecule has 0 saturated carbocycles. The summed E-state index contributed by atoms with van der Waals surface area (Å²) in [5, 5.41) is 9.69. The molecule has 0 unspecified atom stereocenters. The van der Waals surface area contributed by atoms with E-state index < -0.39 is 0 Å². The Hall–Kier alpha value is -2.31. The predicted octanol–water partition coefficient (Wildman–Crippen LogP) is 4.42. The maximum Gasteiger partial charge on any atom is 0.270 e. The van der Waals surface area contributed by atoms with Crippen LogP contribution in [0.5, 0.6) is 11.5 Å². The Kier molecular flexibility index (Phi) is 4.83. The Balaban J connectivity index is 1.96. The fourth-order valence-electron chi connectivity index (χ4n) is 2.67. The van der Waals surface area contributed by atoms with Crippen molar-refractivity contribution in [3.05, 3.63) is 58.0 Å². The first-order chi connectivity index (χ1) is 11.9. The highest BCUT2D eigenvalue weighted by Gasteiger charge is 2.34. The van der Waals surface area contributed by atoms with Crippen molar-refractivity contribution >= 4 is 46.0 Å². The number of thiocarbonyl (C=S) groups is 1. The Labute approximate surface area is 156 Å². The number of methoxy groups -OCH3 is 1. The number of carbonyl (C=O) groups excluding carboxylic acids is 1. The van der Waals surface area contributed by atoms with Crippen LogP contribution in [0.2, 0.25) is 0 Å². The highest BCUT2D eigenvalue weighted by Crippen LogP contribution is 2.38. The van der Waals surface area contributed by atoms with Gasteiger partial charge in [-0.25, -0.2) is 0 Å². The molecule has 0 radical (unpaired) electrons. The molecule has 1 aliphatic heterocycles. The van der Waals surface area contributed by atoms with Gasteiger partial charge >= 0.3 is 0 Å². The number of aromatic hydroxyl groups is 1. The lowest BCUT2D eigenvalue weighted by molar-refractivity contribution is -0.113. The number of ether oxygens (including phenoxy) is 1. The molecule has 2 aromatic rings. The van der Waals surface area contributed by atoms with Crippen LogP contribution in [0.1, 0.15) is 16.7 Å². The topological polar surface area (TPSA) is 49.8 Å². The number of benzene rings is 2. The van der Waals surface area contributed by atoms with E-state index in [0.29, 0.717) is 15.0 Å². The summed E-state index contributed by atoms with van der Waals surface area (Å²) >= 11 is 6.68. The smallest absolute Gasteiger partial charge is 0.270 e. The first kappa shape index (κ1) is 17.5. The van der Waals surface area contributed by atoms with Crippen LogP contribution < -0.4 is 9.64 Å². The molecule has 4 nitrogen and oxygen atoms in total. The molecule has 128 valence electrons. The molecule has 0 spiro atoms. The first-order valence-corrected chi connectivity index (χ1v) is 8.85. The number of thioether (sulfide) groups is 1. The highest BCUT2D eigenvalue weighted by molar-refractivity contribution is 8.27. The van der Waals surface area contributed by atoms with Gasteiger partial charge in [-0.1, -0.05) is 47.7 Å². The van der Waals surface area contributed by atoms with Crippen LogP contribution in [0.25, 0.3) is 6.08 Å². The quantitative estimate of drug-likeness (QED) is 0.639. The molecular weight excluding hydrogens is 354 g/mol. The number of hydrogen-bond donors (Lipinski definition) is 1. The zero-order valence-corrected chi connectivity index (χ0v) is 15.7. The maximum atomic E-state index is 12.8. The molecule has 1 saturated heterocycles. The van der Waals surface area contributed by atoms with Gasteiger partial charge in [-0.3, -0.25) is 9.69 Å². The van der Waals surface area contributed by atoms with E-state index in [2.05, 4.69) is 0 Å². The van der Waals surface area contributed by atoms with Gasteiger partial charge in [0.05, 0.1) is 17.7 Å². The predicted molar refractivity (Wildman–Crippen MR) is 106 cm³/mol. The molecule has 3 rings (SSSR count). The van der Waals surface area contributed by atoms with E-state index in [4.69, 9.17) is 17.0 Å². The van der Waals surface area contributed by atoms with E-state index in [9.17, 15) is 9.90 Å². The highest BCUT2D eigenvalue weighted by atomic mass is 32.2. The molecule has 0 bridgehead atoms. The summed E-state index contributed by atoms with van der Waals surface area (Å²) in [7, 11) is 1.48. The third-order valence-electron chi connectivity index (χ3n) is 3.89. The number of aryl methyl sites for hydroxylation is 2. The third kappa shape index (κ3) is 3.41. The van der Waals surface area contributed by atoms with Crippen LogP contribution in [-0.4, -0.2) is 22.4 Å². The van der Waals surface area contributed by atoms with Gasteiger partial charge in [0, 0.05) is 0 Å². The number of phenolic OH excluding ortho intramolecular Hbond substituents is 1. The number of amides is 1. The van der Waals surface area contributed by atoms with Crippen molar-refractivity contribution in [3.63, 3.8) is 0 Å². The van der Waals surface area contributed by atoms with Gasteiger partial charge in [-0.2, -0.15) is 0 Å². The molecule has 25 heavy (non-hydrogen) atoms. The fraction of sp³-hybridized carbons (Fsp3) is 0.158. The summed E-state index contributed by atoms with van der Waals surface area (Å²) in [6, 6.07) is 10.9. The number of phenols is 1. The average Bonchev–Trinajstić information content (AvgIpc) is 2.84. The number of rotatable bonds is 3. The average molecular weight is 371 g/mol. The van der Waals surface area contributed by atoms with Crippen molar-refractivity contribution in [2.75, 3.05) is 12.0 Å². The Morgan fingerprint density at radius 1 is 1.20 bits per heavy atom. The standard InChI is InChI=1S/C19H17NO3S2/c1-11-4-6-14(12(2)8-11)20-18(22)17(25-19(20)24)10-13-5-7-15(21)16(9-13)23-3/h4-10,21H,1-3H3. The van der Waals surface area contributed by atoms with E-state index >= 15 is 0 Å². The number of carbonyl (C=O) groups is 1.